The number of alkyl halides is 3. The van der Waals surface area contributed by atoms with Crippen LogP contribution in [0, 0.1) is 0 Å². The molecule has 0 unspecified atom stereocenters. The van der Waals surface area contributed by atoms with Crippen molar-refractivity contribution in [3.05, 3.63) is 24.3 Å². The minimum absolute atomic E-state index is 0.0985. The highest BCUT2D eigenvalue weighted by atomic mass is 19.4. The number of halogens is 3. The van der Waals surface area contributed by atoms with Crippen molar-refractivity contribution in [1.82, 2.24) is 0 Å². The lowest BCUT2D eigenvalue weighted by Gasteiger charge is -2.21. The minimum Gasteiger partial charge on any atom is -0.385 e. The molecule has 1 aromatic carbocycles. The summed E-state index contributed by atoms with van der Waals surface area (Å²) in [5.74, 6) is 0. The van der Waals surface area contributed by atoms with Crippen LogP contribution >= 0.6 is 0 Å². The Kier molecular flexibility index (Phi) is 5.99. The molecule has 0 fully saturated rings. The van der Waals surface area contributed by atoms with E-state index < -0.39 is 12.6 Å². The van der Waals surface area contributed by atoms with Crippen LogP contribution in [0.15, 0.2) is 24.3 Å². The number of hydrogen-bond donors (Lipinski definition) is 1. The fraction of sp³-hybridized carbons (Fsp3) is 0.571. The van der Waals surface area contributed by atoms with Crippen molar-refractivity contribution in [2.75, 3.05) is 29.9 Å². The van der Waals surface area contributed by atoms with Crippen molar-refractivity contribution in [2.45, 2.75) is 32.9 Å². The van der Waals surface area contributed by atoms with Crippen molar-refractivity contribution < 1.29 is 13.2 Å². The zero-order valence-electron chi connectivity index (χ0n) is 11.4. The molecule has 19 heavy (non-hydrogen) atoms. The van der Waals surface area contributed by atoms with E-state index in [1.807, 2.05) is 24.3 Å². The molecule has 0 aliphatic heterocycles. The molecule has 0 atom stereocenters. The van der Waals surface area contributed by atoms with Crippen molar-refractivity contribution >= 4 is 11.4 Å². The first-order valence-electron chi connectivity index (χ1n) is 6.62. The van der Waals surface area contributed by atoms with Crippen molar-refractivity contribution in [3.8, 4) is 0 Å². The van der Waals surface area contributed by atoms with Crippen molar-refractivity contribution in [3.63, 3.8) is 0 Å². The number of anilines is 2. The molecular weight excluding hydrogens is 253 g/mol. The maximum absolute atomic E-state index is 12.0. The maximum atomic E-state index is 12.0. The Hall–Kier alpha value is -1.39. The molecule has 1 N–H and O–H groups in total. The summed E-state index contributed by atoms with van der Waals surface area (Å²) in [4.78, 5) is 2.22. The third kappa shape index (κ3) is 5.85. The number of nitrogens with zero attached hydrogens (tertiary/aromatic N) is 1. The van der Waals surface area contributed by atoms with Gasteiger partial charge in [-0.2, -0.15) is 13.2 Å². The van der Waals surface area contributed by atoms with E-state index in [1.54, 1.807) is 0 Å². The van der Waals surface area contributed by atoms with Gasteiger partial charge in [0.1, 0.15) is 0 Å². The fourth-order valence-corrected chi connectivity index (χ4v) is 1.90. The molecule has 0 saturated heterocycles. The summed E-state index contributed by atoms with van der Waals surface area (Å²) in [5.41, 5.74) is 1.99. The molecule has 0 saturated carbocycles. The van der Waals surface area contributed by atoms with Crippen LogP contribution in [0.2, 0.25) is 0 Å². The molecule has 108 valence electrons. The second-order valence-electron chi connectivity index (χ2n) is 4.36. The van der Waals surface area contributed by atoms with Gasteiger partial charge in [0.05, 0.1) is 0 Å². The van der Waals surface area contributed by atoms with Crippen LogP contribution in [-0.2, 0) is 0 Å². The van der Waals surface area contributed by atoms with Gasteiger partial charge in [-0.15, -0.1) is 0 Å². The number of benzene rings is 1. The van der Waals surface area contributed by atoms with Crippen LogP contribution in [-0.4, -0.2) is 25.8 Å². The molecule has 0 aliphatic carbocycles. The van der Waals surface area contributed by atoms with Crippen LogP contribution in [0.1, 0.15) is 26.7 Å². The topological polar surface area (TPSA) is 15.3 Å². The van der Waals surface area contributed by atoms with Crippen LogP contribution in [0.5, 0.6) is 0 Å². The second kappa shape index (κ2) is 7.26. The third-order valence-electron chi connectivity index (χ3n) is 2.96. The molecular formula is C14H21F3N2. The second-order valence-corrected chi connectivity index (χ2v) is 4.36. The van der Waals surface area contributed by atoms with Crippen LogP contribution in [0.25, 0.3) is 0 Å². The van der Waals surface area contributed by atoms with Crippen LogP contribution < -0.4 is 10.2 Å². The summed E-state index contributed by atoms with van der Waals surface area (Å²) in [5, 5.41) is 3.00. The molecule has 0 bridgehead atoms. The third-order valence-corrected chi connectivity index (χ3v) is 2.96. The Morgan fingerprint density at radius 1 is 1.05 bits per heavy atom. The van der Waals surface area contributed by atoms with Gasteiger partial charge in [0.2, 0.25) is 0 Å². The fourth-order valence-electron chi connectivity index (χ4n) is 1.90. The zero-order valence-corrected chi connectivity index (χ0v) is 11.4. The van der Waals surface area contributed by atoms with E-state index in [1.165, 1.54) is 0 Å². The SMILES string of the molecule is CCN(CC)c1ccc(NCCCC(F)(F)F)cc1. The Labute approximate surface area is 112 Å². The van der Waals surface area contributed by atoms with Gasteiger partial charge < -0.3 is 10.2 Å². The molecule has 0 amide bonds. The molecule has 1 rings (SSSR count). The maximum Gasteiger partial charge on any atom is 0.389 e. The predicted octanol–water partition coefficient (Wildman–Crippen LogP) is 4.29. The molecule has 1 aromatic rings. The van der Waals surface area contributed by atoms with E-state index in [4.69, 9.17) is 0 Å². The van der Waals surface area contributed by atoms with E-state index in [-0.39, 0.29) is 6.42 Å². The molecule has 0 spiro atoms. The predicted molar refractivity (Wildman–Crippen MR) is 73.8 cm³/mol. The molecule has 5 heteroatoms. The lowest BCUT2D eigenvalue weighted by Crippen LogP contribution is -2.21. The van der Waals surface area contributed by atoms with E-state index in [0.29, 0.717) is 6.54 Å². The van der Waals surface area contributed by atoms with Crippen LogP contribution in [0.3, 0.4) is 0 Å². The molecule has 0 radical (unpaired) electrons. The summed E-state index contributed by atoms with van der Waals surface area (Å²) < 4.78 is 35.9. The first-order valence-corrected chi connectivity index (χ1v) is 6.62. The number of nitrogens with one attached hydrogen (secondary N) is 1. The van der Waals surface area contributed by atoms with Gasteiger partial charge in [-0.05, 0) is 44.5 Å². The Morgan fingerprint density at radius 2 is 1.63 bits per heavy atom. The van der Waals surface area contributed by atoms with Crippen molar-refractivity contribution in [2.24, 2.45) is 0 Å². The summed E-state index contributed by atoms with van der Waals surface area (Å²) in [6.45, 7) is 6.40. The minimum atomic E-state index is -4.06. The lowest BCUT2D eigenvalue weighted by molar-refractivity contribution is -0.134. The normalized spacial score (nSPS) is 11.4. The smallest absolute Gasteiger partial charge is 0.385 e. The Balaban J connectivity index is 2.40. The van der Waals surface area contributed by atoms with Gasteiger partial charge in [0, 0.05) is 37.4 Å². The van der Waals surface area contributed by atoms with Gasteiger partial charge in [0.15, 0.2) is 0 Å². The Morgan fingerprint density at radius 3 is 2.11 bits per heavy atom. The van der Waals surface area contributed by atoms with E-state index in [9.17, 15) is 13.2 Å². The Bertz CT molecular complexity index is 356. The number of rotatable bonds is 7. The van der Waals surface area contributed by atoms with E-state index in [0.717, 1.165) is 24.5 Å². The summed E-state index contributed by atoms with van der Waals surface area (Å²) in [7, 11) is 0. The van der Waals surface area contributed by atoms with Gasteiger partial charge in [-0.25, -0.2) is 0 Å². The summed E-state index contributed by atoms with van der Waals surface area (Å²) in [6, 6.07) is 7.78. The summed E-state index contributed by atoms with van der Waals surface area (Å²) in [6.07, 6.45) is -4.70. The van der Waals surface area contributed by atoms with Gasteiger partial charge in [-0.1, -0.05) is 0 Å². The van der Waals surface area contributed by atoms with Gasteiger partial charge in [0.25, 0.3) is 0 Å². The van der Waals surface area contributed by atoms with Gasteiger partial charge >= 0.3 is 6.18 Å². The molecule has 2 nitrogen and oxygen atoms in total. The van der Waals surface area contributed by atoms with Crippen molar-refractivity contribution in [1.29, 1.82) is 0 Å². The lowest BCUT2D eigenvalue weighted by atomic mass is 10.2. The van der Waals surface area contributed by atoms with Crippen LogP contribution in [0.4, 0.5) is 24.5 Å². The molecule has 0 heterocycles. The summed E-state index contributed by atoms with van der Waals surface area (Å²) >= 11 is 0. The quantitative estimate of drug-likeness (QED) is 0.746. The molecule has 0 aliphatic rings. The standard InChI is InChI=1S/C14H21F3N2/c1-3-19(4-2)13-8-6-12(7-9-13)18-11-5-10-14(15,16)17/h6-9,18H,3-5,10-11H2,1-2H3. The van der Waals surface area contributed by atoms with E-state index >= 15 is 0 Å². The highest BCUT2D eigenvalue weighted by Gasteiger charge is 2.25. The highest BCUT2D eigenvalue weighted by Crippen LogP contribution is 2.22. The largest absolute Gasteiger partial charge is 0.389 e. The monoisotopic (exact) mass is 274 g/mol. The highest BCUT2D eigenvalue weighted by molar-refractivity contribution is 5.54. The first-order chi connectivity index (χ1) is 8.96. The molecule has 0 aromatic heterocycles. The number of hydrogen-bond acceptors (Lipinski definition) is 2. The zero-order chi connectivity index (χ0) is 14.3. The average molecular weight is 274 g/mol. The average Bonchev–Trinajstić information content (AvgIpc) is 2.37. The van der Waals surface area contributed by atoms with Gasteiger partial charge in [-0.3, -0.25) is 0 Å². The van der Waals surface area contributed by atoms with E-state index in [2.05, 4.69) is 24.1 Å². The first kappa shape index (κ1) is 15.7.